The summed E-state index contributed by atoms with van der Waals surface area (Å²) < 4.78 is 8.53. The van der Waals surface area contributed by atoms with Crippen molar-refractivity contribution in [2.45, 2.75) is 70.4 Å². The number of anilines is 2. The highest BCUT2D eigenvalue weighted by Gasteiger charge is 2.30. The van der Waals surface area contributed by atoms with Crippen LogP contribution in [0.5, 0.6) is 5.75 Å². The zero-order valence-electron chi connectivity index (χ0n) is 24.6. The van der Waals surface area contributed by atoms with E-state index in [4.69, 9.17) is 4.74 Å². The summed E-state index contributed by atoms with van der Waals surface area (Å²) in [5.74, 6) is 0.0790. The number of nitrogens with zero attached hydrogens (tertiary/aromatic N) is 6. The van der Waals surface area contributed by atoms with Crippen LogP contribution in [-0.4, -0.2) is 54.8 Å². The zero-order chi connectivity index (χ0) is 30.1. The predicted molar refractivity (Wildman–Crippen MR) is 161 cm³/mol. The molecule has 6 rings (SSSR count). The number of pyridine rings is 1. The minimum absolute atomic E-state index is 0.133. The number of nitrogens with one attached hydrogen (secondary N) is 2. The standard InChI is InChI=1S/C31H36N8O4/c1-31(2,3)24-17-25(34-27(33-24)28(40)41)35-29(42)32-22-12-13-23(21-10-6-5-9-20(21)22)43-19-11-14-26-36-37-30(39(26)18-19)38-15-7-4-8-16-38/h5-6,9-11,14,17-18,22-23H,4,7-8,12-13,15-16H2,1-3H3,(H,40,41)(H2,32,33,34,35,42). The number of carbonyl (C=O) groups is 2. The first-order valence-corrected chi connectivity index (χ1v) is 14.7. The van der Waals surface area contributed by atoms with Gasteiger partial charge >= 0.3 is 12.0 Å². The maximum Gasteiger partial charge on any atom is 0.374 e. The van der Waals surface area contributed by atoms with Gasteiger partial charge in [0, 0.05) is 24.6 Å². The number of piperidine rings is 1. The molecule has 12 nitrogen and oxygen atoms in total. The van der Waals surface area contributed by atoms with Crippen LogP contribution in [0.1, 0.15) is 92.5 Å². The number of amides is 2. The van der Waals surface area contributed by atoms with Crippen molar-refractivity contribution in [2.24, 2.45) is 0 Å². The van der Waals surface area contributed by atoms with Crippen LogP contribution in [0.25, 0.3) is 5.65 Å². The Morgan fingerprint density at radius 1 is 0.977 bits per heavy atom. The normalized spacial score (nSPS) is 18.6. The molecule has 1 aliphatic heterocycles. The third-order valence-corrected chi connectivity index (χ3v) is 7.94. The van der Waals surface area contributed by atoms with Crippen molar-refractivity contribution in [3.8, 4) is 5.75 Å². The van der Waals surface area contributed by atoms with Crippen molar-refractivity contribution in [1.29, 1.82) is 0 Å². The summed E-state index contributed by atoms with van der Waals surface area (Å²) in [7, 11) is 0. The van der Waals surface area contributed by atoms with E-state index in [9.17, 15) is 14.7 Å². The Morgan fingerprint density at radius 2 is 1.74 bits per heavy atom. The second-order valence-corrected chi connectivity index (χ2v) is 12.1. The fourth-order valence-electron chi connectivity index (χ4n) is 5.73. The Bertz CT molecular complexity index is 1660. The second kappa shape index (κ2) is 11.5. The Labute approximate surface area is 249 Å². The number of hydrogen-bond donors (Lipinski definition) is 3. The molecule has 0 spiro atoms. The number of urea groups is 1. The molecule has 43 heavy (non-hydrogen) atoms. The molecular weight excluding hydrogens is 548 g/mol. The lowest BCUT2D eigenvalue weighted by Gasteiger charge is -2.32. The third-order valence-electron chi connectivity index (χ3n) is 7.94. The molecule has 3 aromatic heterocycles. The average molecular weight is 585 g/mol. The second-order valence-electron chi connectivity index (χ2n) is 12.1. The van der Waals surface area contributed by atoms with Crippen molar-refractivity contribution >= 4 is 29.4 Å². The summed E-state index contributed by atoms with van der Waals surface area (Å²) in [6.45, 7) is 7.69. The molecule has 0 saturated carbocycles. The van der Waals surface area contributed by atoms with Gasteiger partial charge in [-0.3, -0.25) is 9.72 Å². The number of aromatic carboxylic acids is 1. The molecule has 12 heteroatoms. The fourth-order valence-corrected chi connectivity index (χ4v) is 5.73. The highest BCUT2D eigenvalue weighted by Crippen LogP contribution is 2.39. The summed E-state index contributed by atoms with van der Waals surface area (Å²) in [5.41, 5.74) is 2.85. The number of hydrogen-bond acceptors (Lipinski definition) is 8. The van der Waals surface area contributed by atoms with Crippen molar-refractivity contribution in [1.82, 2.24) is 29.9 Å². The minimum atomic E-state index is -1.26. The summed E-state index contributed by atoms with van der Waals surface area (Å²) in [4.78, 5) is 35.1. The molecule has 0 bridgehead atoms. The number of carboxylic acids is 1. The average Bonchev–Trinajstić information content (AvgIpc) is 3.41. The highest BCUT2D eigenvalue weighted by molar-refractivity contribution is 5.90. The van der Waals surface area contributed by atoms with Crippen LogP contribution in [-0.2, 0) is 5.41 Å². The lowest BCUT2D eigenvalue weighted by atomic mass is 9.85. The topological polar surface area (TPSA) is 147 Å². The third kappa shape index (κ3) is 6.08. The van der Waals surface area contributed by atoms with Crippen LogP contribution in [0.15, 0.2) is 48.7 Å². The zero-order valence-corrected chi connectivity index (χ0v) is 24.6. The van der Waals surface area contributed by atoms with Crippen LogP contribution in [0.2, 0.25) is 0 Å². The first-order chi connectivity index (χ1) is 20.7. The number of carboxylic acid groups (broad SMARTS) is 1. The van der Waals surface area contributed by atoms with E-state index in [-0.39, 0.29) is 23.8 Å². The molecule has 2 amide bonds. The molecule has 2 aliphatic rings. The van der Waals surface area contributed by atoms with Gasteiger partial charge in [0.15, 0.2) is 5.65 Å². The van der Waals surface area contributed by atoms with E-state index in [2.05, 4.69) is 35.7 Å². The van der Waals surface area contributed by atoms with Crippen LogP contribution in [0.3, 0.4) is 0 Å². The Hall–Kier alpha value is -4.74. The SMILES string of the molecule is CC(C)(C)c1cc(NC(=O)NC2CCC(Oc3ccc4nnc(N5CCCCC5)n4c3)c3ccccc32)nc(C(=O)O)n1. The molecule has 1 aliphatic carbocycles. The maximum atomic E-state index is 13.1. The van der Waals surface area contributed by atoms with Crippen LogP contribution in [0.4, 0.5) is 16.6 Å². The highest BCUT2D eigenvalue weighted by atomic mass is 16.5. The van der Waals surface area contributed by atoms with E-state index >= 15 is 0 Å². The van der Waals surface area contributed by atoms with Crippen molar-refractivity contribution in [2.75, 3.05) is 23.3 Å². The van der Waals surface area contributed by atoms with Gasteiger partial charge in [0.25, 0.3) is 0 Å². The minimum Gasteiger partial charge on any atom is -0.484 e. The van der Waals surface area contributed by atoms with Gasteiger partial charge in [0.1, 0.15) is 17.7 Å². The lowest BCUT2D eigenvalue weighted by molar-refractivity contribution is 0.0683. The summed E-state index contributed by atoms with van der Waals surface area (Å²) in [6.07, 6.45) is 6.64. The summed E-state index contributed by atoms with van der Waals surface area (Å²) in [5, 5.41) is 24.0. The molecule has 4 aromatic rings. The monoisotopic (exact) mass is 584 g/mol. The first kappa shape index (κ1) is 28.4. The van der Waals surface area contributed by atoms with Crippen molar-refractivity contribution in [3.63, 3.8) is 0 Å². The van der Waals surface area contributed by atoms with E-state index < -0.39 is 17.4 Å². The molecular formula is C31H36N8O4. The Kier molecular flexibility index (Phi) is 7.59. The van der Waals surface area contributed by atoms with Gasteiger partial charge in [0.05, 0.1) is 17.9 Å². The van der Waals surface area contributed by atoms with Gasteiger partial charge in [-0.05, 0) is 55.4 Å². The first-order valence-electron chi connectivity index (χ1n) is 14.7. The van der Waals surface area contributed by atoms with Gasteiger partial charge in [-0.1, -0.05) is 45.0 Å². The van der Waals surface area contributed by atoms with Gasteiger partial charge in [-0.25, -0.2) is 19.6 Å². The molecule has 1 aromatic carbocycles. The van der Waals surface area contributed by atoms with Gasteiger partial charge in [0.2, 0.25) is 11.8 Å². The van der Waals surface area contributed by atoms with Crippen LogP contribution < -0.4 is 20.3 Å². The Balaban J connectivity index is 1.18. The number of ether oxygens (including phenoxy) is 1. The summed E-state index contributed by atoms with van der Waals surface area (Å²) in [6, 6.07) is 12.7. The quantitative estimate of drug-likeness (QED) is 0.275. The summed E-state index contributed by atoms with van der Waals surface area (Å²) >= 11 is 0. The number of aromatic nitrogens is 5. The van der Waals surface area contributed by atoms with Gasteiger partial charge < -0.3 is 20.1 Å². The van der Waals surface area contributed by atoms with Crippen molar-refractivity contribution in [3.05, 3.63) is 71.3 Å². The van der Waals surface area contributed by atoms with Crippen molar-refractivity contribution < 1.29 is 19.4 Å². The van der Waals surface area contributed by atoms with E-state index in [0.29, 0.717) is 18.5 Å². The molecule has 1 saturated heterocycles. The molecule has 2 atom stereocenters. The Morgan fingerprint density at radius 3 is 2.49 bits per heavy atom. The molecule has 1 fully saturated rings. The lowest BCUT2D eigenvalue weighted by Crippen LogP contribution is -2.36. The van der Waals surface area contributed by atoms with E-state index in [1.165, 1.54) is 6.42 Å². The van der Waals surface area contributed by atoms with Crippen LogP contribution >= 0.6 is 0 Å². The van der Waals surface area contributed by atoms with E-state index in [1.54, 1.807) is 6.07 Å². The van der Waals surface area contributed by atoms with Crippen LogP contribution in [0, 0.1) is 0 Å². The van der Waals surface area contributed by atoms with Gasteiger partial charge in [-0.2, -0.15) is 0 Å². The molecule has 224 valence electrons. The number of rotatable bonds is 6. The largest absolute Gasteiger partial charge is 0.484 e. The van der Waals surface area contributed by atoms with Gasteiger partial charge in [-0.15, -0.1) is 10.2 Å². The smallest absolute Gasteiger partial charge is 0.374 e. The fraction of sp³-hybridized carbons (Fsp3) is 0.419. The predicted octanol–water partition coefficient (Wildman–Crippen LogP) is 5.28. The molecule has 0 radical (unpaired) electrons. The maximum absolute atomic E-state index is 13.1. The van der Waals surface area contributed by atoms with E-state index in [1.807, 2.05) is 67.8 Å². The number of fused-ring (bicyclic) bond motifs is 2. The molecule has 3 N–H and O–H groups in total. The number of benzene rings is 1. The molecule has 4 heterocycles. The number of carbonyl (C=O) groups excluding carboxylic acids is 1. The van der Waals surface area contributed by atoms with E-state index in [0.717, 1.165) is 54.4 Å². The molecule has 2 unspecified atom stereocenters.